The normalized spacial score (nSPS) is 16.8. The summed E-state index contributed by atoms with van der Waals surface area (Å²) in [4.78, 5) is 5.79. The van der Waals surface area contributed by atoms with Gasteiger partial charge in [-0.3, -0.25) is 0 Å². The summed E-state index contributed by atoms with van der Waals surface area (Å²) in [5.74, 6) is 0.567. The Bertz CT molecular complexity index is 324. The zero-order valence-corrected chi connectivity index (χ0v) is 12.2. The van der Waals surface area contributed by atoms with Crippen molar-refractivity contribution in [2.45, 2.75) is 52.6 Å². The Labute approximate surface area is 109 Å². The molecule has 3 N–H and O–H groups in total. The van der Waals surface area contributed by atoms with Crippen molar-refractivity contribution in [3.63, 3.8) is 0 Å². The van der Waals surface area contributed by atoms with Crippen molar-refractivity contribution in [1.29, 1.82) is 0 Å². The van der Waals surface area contributed by atoms with E-state index in [1.165, 1.54) is 9.88 Å². The van der Waals surface area contributed by atoms with E-state index in [-0.39, 0.29) is 6.04 Å². The Kier molecular flexibility index (Phi) is 6.09. The van der Waals surface area contributed by atoms with Crippen molar-refractivity contribution >= 4 is 11.3 Å². The molecular formula is C13H25N3S. The quantitative estimate of drug-likeness (QED) is 0.787. The van der Waals surface area contributed by atoms with E-state index in [9.17, 15) is 0 Å². The van der Waals surface area contributed by atoms with Gasteiger partial charge in [-0.25, -0.2) is 4.98 Å². The van der Waals surface area contributed by atoms with E-state index in [1.807, 2.05) is 6.20 Å². The lowest BCUT2D eigenvalue weighted by atomic mass is 10.00. The molecule has 1 heterocycles. The number of hydrogen-bond donors (Lipinski definition) is 2. The largest absolute Gasteiger partial charge is 0.326 e. The first-order valence-corrected chi connectivity index (χ1v) is 7.33. The third kappa shape index (κ3) is 4.37. The van der Waals surface area contributed by atoms with Gasteiger partial charge in [-0.2, -0.15) is 0 Å². The maximum absolute atomic E-state index is 6.11. The summed E-state index contributed by atoms with van der Waals surface area (Å²) in [5, 5.41) is 4.64. The van der Waals surface area contributed by atoms with Gasteiger partial charge < -0.3 is 11.1 Å². The molecule has 3 unspecified atom stereocenters. The van der Waals surface area contributed by atoms with Crippen LogP contribution in [0.4, 0.5) is 0 Å². The van der Waals surface area contributed by atoms with Crippen LogP contribution in [0.25, 0.3) is 0 Å². The van der Waals surface area contributed by atoms with Crippen LogP contribution in [-0.2, 0) is 6.42 Å². The topological polar surface area (TPSA) is 50.9 Å². The lowest BCUT2D eigenvalue weighted by molar-refractivity contribution is 0.402. The first kappa shape index (κ1) is 14.6. The molecule has 0 radical (unpaired) electrons. The molecule has 0 saturated carbocycles. The second-order valence-electron chi connectivity index (χ2n) is 4.70. The average molecular weight is 255 g/mol. The summed E-state index contributed by atoms with van der Waals surface area (Å²) in [6, 6.07) is 0.531. The molecule has 98 valence electrons. The van der Waals surface area contributed by atoms with Crippen LogP contribution in [0.3, 0.4) is 0 Å². The molecule has 0 aliphatic rings. The molecule has 3 nitrogen and oxygen atoms in total. The first-order valence-electron chi connectivity index (χ1n) is 6.52. The Balaban J connectivity index is 2.41. The highest BCUT2D eigenvalue weighted by molar-refractivity contribution is 7.11. The first-order chi connectivity index (χ1) is 8.08. The van der Waals surface area contributed by atoms with E-state index in [1.54, 1.807) is 11.3 Å². The molecule has 4 heteroatoms. The number of nitrogens with two attached hydrogens (primary N) is 1. The van der Waals surface area contributed by atoms with Gasteiger partial charge in [0.05, 0.1) is 6.04 Å². The van der Waals surface area contributed by atoms with Gasteiger partial charge in [-0.05, 0) is 19.3 Å². The Morgan fingerprint density at radius 3 is 2.65 bits per heavy atom. The molecule has 0 spiro atoms. The summed E-state index contributed by atoms with van der Waals surface area (Å²) in [6.45, 7) is 9.56. The Morgan fingerprint density at radius 1 is 1.41 bits per heavy atom. The highest BCUT2D eigenvalue weighted by Gasteiger charge is 2.14. The van der Waals surface area contributed by atoms with E-state index in [4.69, 9.17) is 5.73 Å². The number of hydrogen-bond acceptors (Lipinski definition) is 4. The van der Waals surface area contributed by atoms with E-state index in [0.717, 1.165) is 19.4 Å². The molecule has 0 fully saturated rings. The fraction of sp³-hybridized carbons (Fsp3) is 0.769. The minimum absolute atomic E-state index is 0.230. The van der Waals surface area contributed by atoms with Crippen LogP contribution in [0, 0.1) is 5.92 Å². The Morgan fingerprint density at radius 2 is 2.12 bits per heavy atom. The van der Waals surface area contributed by atoms with Gasteiger partial charge in [-0.15, -0.1) is 11.3 Å². The van der Waals surface area contributed by atoms with E-state index >= 15 is 0 Å². The highest BCUT2D eigenvalue weighted by atomic mass is 32.1. The zero-order valence-electron chi connectivity index (χ0n) is 11.4. The van der Waals surface area contributed by atoms with Gasteiger partial charge in [0.1, 0.15) is 5.01 Å². The maximum atomic E-state index is 6.11. The molecule has 0 bridgehead atoms. The summed E-state index contributed by atoms with van der Waals surface area (Å²) in [5.41, 5.74) is 6.11. The monoisotopic (exact) mass is 255 g/mol. The highest BCUT2D eigenvalue weighted by Crippen LogP contribution is 2.20. The predicted molar refractivity (Wildman–Crippen MR) is 75.3 cm³/mol. The maximum Gasteiger partial charge on any atom is 0.109 e. The van der Waals surface area contributed by atoms with Crippen LogP contribution in [0.5, 0.6) is 0 Å². The second kappa shape index (κ2) is 7.09. The van der Waals surface area contributed by atoms with Crippen molar-refractivity contribution in [2.75, 3.05) is 6.54 Å². The average Bonchev–Trinajstić information content (AvgIpc) is 2.83. The lowest BCUT2D eigenvalue weighted by Crippen LogP contribution is -2.39. The van der Waals surface area contributed by atoms with Crippen molar-refractivity contribution in [3.8, 4) is 0 Å². The number of aryl methyl sites for hydroxylation is 1. The van der Waals surface area contributed by atoms with Gasteiger partial charge in [0, 0.05) is 23.7 Å². The van der Waals surface area contributed by atoms with Crippen LogP contribution in [0.1, 0.15) is 50.0 Å². The Hall–Kier alpha value is -0.450. The molecule has 1 aromatic heterocycles. The molecule has 0 saturated heterocycles. The van der Waals surface area contributed by atoms with Gasteiger partial charge >= 0.3 is 0 Å². The third-order valence-corrected chi connectivity index (χ3v) is 4.65. The van der Waals surface area contributed by atoms with E-state index in [2.05, 4.69) is 38.0 Å². The second-order valence-corrected chi connectivity index (χ2v) is 5.84. The van der Waals surface area contributed by atoms with Crippen LogP contribution in [-0.4, -0.2) is 17.6 Å². The lowest BCUT2D eigenvalue weighted by Gasteiger charge is -2.20. The van der Waals surface area contributed by atoms with Crippen molar-refractivity contribution in [1.82, 2.24) is 10.3 Å². The van der Waals surface area contributed by atoms with Crippen LogP contribution in [0.2, 0.25) is 0 Å². The summed E-state index contributed by atoms with van der Waals surface area (Å²) < 4.78 is 0. The molecule has 0 aromatic carbocycles. The van der Waals surface area contributed by atoms with Crippen molar-refractivity contribution < 1.29 is 0 Å². The van der Waals surface area contributed by atoms with Gasteiger partial charge in [-0.1, -0.05) is 27.2 Å². The fourth-order valence-electron chi connectivity index (χ4n) is 1.59. The predicted octanol–water partition coefficient (Wildman–Crippen LogP) is 2.73. The zero-order chi connectivity index (χ0) is 12.8. The van der Waals surface area contributed by atoms with Gasteiger partial charge in [0.25, 0.3) is 0 Å². The molecule has 0 aliphatic heterocycles. The molecule has 0 amide bonds. The molecule has 0 aliphatic carbocycles. The number of thiazole rings is 1. The molecule has 17 heavy (non-hydrogen) atoms. The van der Waals surface area contributed by atoms with E-state index in [0.29, 0.717) is 12.0 Å². The number of rotatable bonds is 7. The van der Waals surface area contributed by atoms with Crippen LogP contribution >= 0.6 is 11.3 Å². The molecule has 1 aromatic rings. The number of nitrogens with zero attached hydrogens (tertiary/aromatic N) is 1. The SMILES string of the molecule is CCc1cnc(C(C)NCC(N)C(C)CC)s1. The third-order valence-electron chi connectivity index (χ3n) is 3.32. The van der Waals surface area contributed by atoms with Gasteiger partial charge in [0.2, 0.25) is 0 Å². The van der Waals surface area contributed by atoms with E-state index < -0.39 is 0 Å². The fourth-order valence-corrected chi connectivity index (χ4v) is 2.47. The minimum atomic E-state index is 0.230. The molecular weight excluding hydrogens is 230 g/mol. The van der Waals surface area contributed by atoms with Gasteiger partial charge in [0.15, 0.2) is 0 Å². The van der Waals surface area contributed by atoms with Crippen LogP contribution < -0.4 is 11.1 Å². The van der Waals surface area contributed by atoms with Crippen LogP contribution in [0.15, 0.2) is 6.20 Å². The minimum Gasteiger partial charge on any atom is -0.326 e. The van der Waals surface area contributed by atoms with Crippen molar-refractivity contribution in [2.24, 2.45) is 11.7 Å². The summed E-state index contributed by atoms with van der Waals surface area (Å²) in [7, 11) is 0. The summed E-state index contributed by atoms with van der Waals surface area (Å²) in [6.07, 6.45) is 4.18. The summed E-state index contributed by atoms with van der Waals surface area (Å²) >= 11 is 1.79. The smallest absolute Gasteiger partial charge is 0.109 e. The number of aromatic nitrogens is 1. The molecule has 1 rings (SSSR count). The molecule has 3 atom stereocenters. The van der Waals surface area contributed by atoms with Crippen molar-refractivity contribution in [3.05, 3.63) is 16.1 Å². The number of nitrogens with one attached hydrogen (secondary N) is 1. The standard InChI is InChI=1S/C13H25N3S/c1-5-9(3)12(14)8-15-10(4)13-16-7-11(6-2)17-13/h7,9-10,12,15H,5-6,8,14H2,1-4H3.